The van der Waals surface area contributed by atoms with Crippen LogP contribution in [0.4, 0.5) is 0 Å². The van der Waals surface area contributed by atoms with E-state index in [-0.39, 0.29) is 5.91 Å². The van der Waals surface area contributed by atoms with Gasteiger partial charge in [-0.3, -0.25) is 9.78 Å². The first-order chi connectivity index (χ1) is 13.2. The summed E-state index contributed by atoms with van der Waals surface area (Å²) >= 11 is 0. The third-order valence-corrected chi connectivity index (χ3v) is 7.69. The first-order valence-corrected chi connectivity index (χ1v) is 10.4. The fraction of sp³-hybridized carbons (Fsp3) is 0.714. The second-order valence-electron chi connectivity index (χ2n) is 9.23. The van der Waals surface area contributed by atoms with Gasteiger partial charge in [-0.15, -0.1) is 0 Å². The number of aromatic nitrogens is 1. The molecule has 1 amide bonds. The normalized spacial score (nSPS) is 41.6. The molecule has 4 bridgehead atoms. The van der Waals surface area contributed by atoms with Crippen LogP contribution in [-0.4, -0.2) is 40.5 Å². The van der Waals surface area contributed by atoms with Gasteiger partial charge in [-0.25, -0.2) is 0 Å². The molecule has 0 radical (unpaired) electrons. The summed E-state index contributed by atoms with van der Waals surface area (Å²) in [6, 6.07) is 3.53. The largest absolute Gasteiger partial charge is 0.338 e. The lowest BCUT2D eigenvalue weighted by Gasteiger charge is -2.57. The summed E-state index contributed by atoms with van der Waals surface area (Å²) in [5.41, 5.74) is 0.683. The second kappa shape index (κ2) is 5.75. The van der Waals surface area contributed by atoms with Crippen molar-refractivity contribution < 1.29 is 19.3 Å². The highest BCUT2D eigenvalue weighted by atomic mass is 17.3. The van der Waals surface area contributed by atoms with E-state index in [0.717, 1.165) is 11.8 Å². The van der Waals surface area contributed by atoms with E-state index in [1.54, 1.807) is 24.5 Å². The zero-order valence-electron chi connectivity index (χ0n) is 15.5. The SMILES string of the molecule is O=C(c1ccncc1)N1CCC2(CC1)OOC1(O2)C2CC3CC(C2)CC1C3. The number of rotatable bonds is 1. The summed E-state index contributed by atoms with van der Waals surface area (Å²) in [6.45, 7) is 1.25. The summed E-state index contributed by atoms with van der Waals surface area (Å²) in [5, 5.41) is 0. The second-order valence-corrected chi connectivity index (χ2v) is 9.23. The number of nitrogens with zero attached hydrogens (tertiary/aromatic N) is 2. The average Bonchev–Trinajstić information content (AvgIpc) is 3.07. The van der Waals surface area contributed by atoms with Crippen molar-refractivity contribution >= 4 is 5.91 Å². The molecule has 3 heterocycles. The average molecular weight is 370 g/mol. The molecule has 0 N–H and O–H groups in total. The fourth-order valence-corrected chi connectivity index (χ4v) is 6.52. The molecule has 1 aromatic rings. The molecule has 4 aliphatic carbocycles. The van der Waals surface area contributed by atoms with Crippen molar-refractivity contribution in [2.45, 2.75) is 56.5 Å². The Balaban J connectivity index is 1.16. The first kappa shape index (κ1) is 16.5. The molecule has 1 aromatic heterocycles. The van der Waals surface area contributed by atoms with Crippen LogP contribution in [-0.2, 0) is 14.5 Å². The lowest BCUT2D eigenvalue weighted by atomic mass is 9.53. The van der Waals surface area contributed by atoms with Crippen molar-refractivity contribution in [2.24, 2.45) is 23.7 Å². The quantitative estimate of drug-likeness (QED) is 0.711. The van der Waals surface area contributed by atoms with E-state index in [1.807, 2.05) is 4.90 Å². The standard InChI is InChI=1S/C21H26N2O4/c24-19(16-1-5-22-6-2-16)23-7-3-20(4-8-23)25-21(27-26-20)17-10-14-9-15(12-17)13-18(21)11-14/h1-2,5-6,14-15,17-18H,3-4,7-13H2. The van der Waals surface area contributed by atoms with Gasteiger partial charge in [-0.05, 0) is 56.1 Å². The van der Waals surface area contributed by atoms with Crippen molar-refractivity contribution in [3.8, 4) is 0 Å². The third-order valence-electron chi connectivity index (χ3n) is 7.69. The van der Waals surface area contributed by atoms with Crippen molar-refractivity contribution in [2.75, 3.05) is 13.1 Å². The summed E-state index contributed by atoms with van der Waals surface area (Å²) in [7, 11) is 0. The van der Waals surface area contributed by atoms with Crippen LogP contribution in [0.5, 0.6) is 0 Å². The molecule has 6 heteroatoms. The predicted molar refractivity (Wildman–Crippen MR) is 95.1 cm³/mol. The highest BCUT2D eigenvalue weighted by molar-refractivity contribution is 5.94. The molecular weight excluding hydrogens is 344 g/mol. The van der Waals surface area contributed by atoms with Gasteiger partial charge in [0.1, 0.15) is 0 Å². The number of amides is 1. The molecular formula is C21H26N2O4. The van der Waals surface area contributed by atoms with E-state index >= 15 is 0 Å². The molecule has 6 fully saturated rings. The van der Waals surface area contributed by atoms with Crippen molar-refractivity contribution in [3.05, 3.63) is 30.1 Å². The minimum Gasteiger partial charge on any atom is -0.338 e. The number of hydrogen-bond donors (Lipinski definition) is 0. The molecule has 2 saturated heterocycles. The van der Waals surface area contributed by atoms with Gasteiger partial charge in [0, 0.05) is 55.7 Å². The van der Waals surface area contributed by atoms with Crippen LogP contribution in [0.25, 0.3) is 0 Å². The lowest BCUT2D eigenvalue weighted by molar-refractivity contribution is -0.390. The number of carbonyl (C=O) groups is 1. The molecule has 144 valence electrons. The van der Waals surface area contributed by atoms with Crippen LogP contribution in [0.2, 0.25) is 0 Å². The monoisotopic (exact) mass is 370 g/mol. The Hall–Kier alpha value is -1.50. The molecule has 0 atom stereocenters. The Morgan fingerprint density at radius 1 is 0.963 bits per heavy atom. The molecule has 2 aliphatic heterocycles. The fourth-order valence-electron chi connectivity index (χ4n) is 6.52. The lowest BCUT2D eigenvalue weighted by Crippen LogP contribution is -2.59. The first-order valence-electron chi connectivity index (χ1n) is 10.4. The molecule has 0 aromatic carbocycles. The van der Waals surface area contributed by atoms with Gasteiger partial charge in [0.2, 0.25) is 11.6 Å². The topological polar surface area (TPSA) is 60.9 Å². The van der Waals surface area contributed by atoms with Gasteiger partial charge >= 0.3 is 0 Å². The zero-order chi connectivity index (χ0) is 18.1. The van der Waals surface area contributed by atoms with Gasteiger partial charge < -0.3 is 9.64 Å². The molecule has 27 heavy (non-hydrogen) atoms. The van der Waals surface area contributed by atoms with Gasteiger partial charge in [-0.1, -0.05) is 0 Å². The van der Waals surface area contributed by atoms with Crippen LogP contribution in [0.15, 0.2) is 24.5 Å². The van der Waals surface area contributed by atoms with E-state index in [0.29, 0.717) is 43.3 Å². The van der Waals surface area contributed by atoms with Crippen LogP contribution >= 0.6 is 0 Å². The minimum absolute atomic E-state index is 0.0514. The highest BCUT2D eigenvalue weighted by Crippen LogP contribution is 2.63. The number of pyridine rings is 1. The van der Waals surface area contributed by atoms with E-state index < -0.39 is 11.6 Å². The highest BCUT2D eigenvalue weighted by Gasteiger charge is 2.66. The van der Waals surface area contributed by atoms with Crippen LogP contribution < -0.4 is 0 Å². The Morgan fingerprint density at radius 3 is 2.22 bits per heavy atom. The summed E-state index contributed by atoms with van der Waals surface area (Å²) in [4.78, 5) is 30.5. The number of hydrogen-bond acceptors (Lipinski definition) is 5. The number of piperidine rings is 1. The Bertz CT molecular complexity index is 716. The minimum atomic E-state index is -0.676. The third kappa shape index (κ3) is 2.43. The molecule has 6 nitrogen and oxygen atoms in total. The van der Waals surface area contributed by atoms with Gasteiger partial charge in [-0.2, -0.15) is 9.78 Å². The van der Waals surface area contributed by atoms with E-state index in [9.17, 15) is 4.79 Å². The number of ether oxygens (including phenoxy) is 1. The van der Waals surface area contributed by atoms with Gasteiger partial charge in [0.15, 0.2) is 0 Å². The molecule has 2 spiro atoms. The summed E-state index contributed by atoms with van der Waals surface area (Å²) in [6.07, 6.45) is 10.9. The van der Waals surface area contributed by atoms with Crippen LogP contribution in [0.3, 0.4) is 0 Å². The Kier molecular flexibility index (Phi) is 3.51. The van der Waals surface area contributed by atoms with Crippen molar-refractivity contribution in [1.82, 2.24) is 9.88 Å². The Morgan fingerprint density at radius 2 is 1.59 bits per heavy atom. The maximum atomic E-state index is 12.7. The van der Waals surface area contributed by atoms with Crippen molar-refractivity contribution in [3.63, 3.8) is 0 Å². The van der Waals surface area contributed by atoms with E-state index in [4.69, 9.17) is 14.5 Å². The summed E-state index contributed by atoms with van der Waals surface area (Å²) < 4.78 is 6.70. The van der Waals surface area contributed by atoms with E-state index in [1.165, 1.54) is 32.1 Å². The molecule has 0 unspecified atom stereocenters. The smallest absolute Gasteiger partial charge is 0.253 e. The molecule has 6 aliphatic rings. The maximum absolute atomic E-state index is 12.7. The molecule has 4 saturated carbocycles. The van der Waals surface area contributed by atoms with Gasteiger partial charge in [0.25, 0.3) is 5.91 Å². The number of carbonyl (C=O) groups excluding carboxylic acids is 1. The van der Waals surface area contributed by atoms with Crippen LogP contribution in [0, 0.1) is 23.7 Å². The zero-order valence-corrected chi connectivity index (χ0v) is 15.5. The van der Waals surface area contributed by atoms with Crippen molar-refractivity contribution in [1.29, 1.82) is 0 Å². The predicted octanol–water partition coefficient (Wildman–Crippen LogP) is 3.14. The van der Waals surface area contributed by atoms with Gasteiger partial charge in [0.05, 0.1) is 0 Å². The Labute approximate surface area is 159 Å². The number of likely N-dealkylation sites (tertiary alicyclic amines) is 1. The maximum Gasteiger partial charge on any atom is 0.253 e. The van der Waals surface area contributed by atoms with E-state index in [2.05, 4.69) is 4.98 Å². The summed E-state index contributed by atoms with van der Waals surface area (Å²) in [5.74, 6) is 1.53. The molecule has 7 rings (SSSR count). The van der Waals surface area contributed by atoms with Crippen LogP contribution in [0.1, 0.15) is 55.3 Å².